The molecule has 1 aliphatic rings. The number of hydrogen-bond acceptors (Lipinski definition) is 7. The van der Waals surface area contributed by atoms with Crippen LogP contribution in [0.15, 0.2) is 48.5 Å². The molecule has 1 unspecified atom stereocenters. The molecule has 1 saturated heterocycles. The van der Waals surface area contributed by atoms with E-state index < -0.39 is 29.4 Å². The number of amides is 2. The zero-order valence-electron chi connectivity index (χ0n) is 22.7. The Morgan fingerprint density at radius 2 is 1.72 bits per heavy atom. The molecule has 0 radical (unpaired) electrons. The summed E-state index contributed by atoms with van der Waals surface area (Å²) in [4.78, 5) is 40.4. The Kier molecular flexibility index (Phi) is 11.2. The topological polar surface area (TPSA) is 114 Å². The van der Waals surface area contributed by atoms with Crippen molar-refractivity contribution in [3.8, 4) is 11.8 Å². The van der Waals surface area contributed by atoms with Crippen molar-refractivity contribution in [2.75, 3.05) is 40.5 Å². The first kappa shape index (κ1) is 30.0. The summed E-state index contributed by atoms with van der Waals surface area (Å²) in [7, 11) is 2.85. The largest absolute Gasteiger partial charge is 0.394 e. The molecule has 1 heterocycles. The van der Waals surface area contributed by atoms with E-state index in [-0.39, 0.29) is 13.2 Å². The smallest absolute Gasteiger partial charge is 0.254 e. The fourth-order valence-corrected chi connectivity index (χ4v) is 4.04. The Bertz CT molecular complexity index is 1180. The number of aliphatic hydroxyl groups excluding tert-OH is 1. The summed E-state index contributed by atoms with van der Waals surface area (Å²) >= 11 is 0. The summed E-state index contributed by atoms with van der Waals surface area (Å²) in [6, 6.07) is 14.3. The van der Waals surface area contributed by atoms with Gasteiger partial charge in [-0.2, -0.15) is 0 Å². The van der Waals surface area contributed by atoms with E-state index in [9.17, 15) is 14.4 Å². The lowest BCUT2D eigenvalue weighted by Gasteiger charge is -2.36. The molecule has 2 amide bonds. The first-order valence-corrected chi connectivity index (χ1v) is 13.0. The highest BCUT2D eigenvalue weighted by Crippen LogP contribution is 2.21. The predicted molar refractivity (Wildman–Crippen MR) is 145 cm³/mol. The SMILES string of the molecule is CNC(=O)[C@@](C)(C(=O)COC1CCCCO1)N(C)C(=O)c1ccc(C#Cc2ccc(COCCO)cc2)cc1. The lowest BCUT2D eigenvalue weighted by Crippen LogP contribution is -2.62. The molecule has 9 nitrogen and oxygen atoms in total. The normalized spacial score (nSPS) is 16.4. The Labute approximate surface area is 229 Å². The van der Waals surface area contributed by atoms with Gasteiger partial charge in [-0.15, -0.1) is 0 Å². The number of carbonyl (C=O) groups is 3. The van der Waals surface area contributed by atoms with Gasteiger partial charge in [0.25, 0.3) is 11.8 Å². The van der Waals surface area contributed by atoms with Crippen molar-refractivity contribution in [3.63, 3.8) is 0 Å². The third-order valence-corrected chi connectivity index (χ3v) is 6.67. The van der Waals surface area contributed by atoms with Gasteiger partial charge in [0.05, 0.1) is 19.8 Å². The molecule has 1 fully saturated rings. The highest BCUT2D eigenvalue weighted by molar-refractivity contribution is 6.14. The second-order valence-electron chi connectivity index (χ2n) is 9.35. The minimum Gasteiger partial charge on any atom is -0.394 e. The number of aliphatic hydroxyl groups is 1. The number of Topliss-reactive ketones (excluding diaryl/α,β-unsaturated/α-hetero) is 1. The van der Waals surface area contributed by atoms with Crippen LogP contribution in [-0.2, 0) is 30.4 Å². The van der Waals surface area contributed by atoms with Gasteiger partial charge in [0.1, 0.15) is 6.61 Å². The van der Waals surface area contributed by atoms with Gasteiger partial charge in [0.2, 0.25) is 0 Å². The molecule has 2 aromatic rings. The van der Waals surface area contributed by atoms with E-state index in [4.69, 9.17) is 19.3 Å². The van der Waals surface area contributed by atoms with Crippen LogP contribution in [0, 0.1) is 11.8 Å². The summed E-state index contributed by atoms with van der Waals surface area (Å²) in [6.45, 7) is 2.34. The monoisotopic (exact) mass is 536 g/mol. The second-order valence-corrected chi connectivity index (χ2v) is 9.35. The summed E-state index contributed by atoms with van der Waals surface area (Å²) in [6.07, 6.45) is 2.08. The molecule has 1 aliphatic heterocycles. The molecule has 0 spiro atoms. The summed E-state index contributed by atoms with van der Waals surface area (Å²) in [5.74, 6) is 4.52. The van der Waals surface area contributed by atoms with Crippen LogP contribution >= 0.6 is 0 Å². The number of ketones is 1. The highest BCUT2D eigenvalue weighted by atomic mass is 16.7. The maximum atomic E-state index is 13.3. The van der Waals surface area contributed by atoms with Crippen LogP contribution in [0.1, 0.15) is 53.2 Å². The van der Waals surface area contributed by atoms with E-state index in [1.807, 2.05) is 24.3 Å². The van der Waals surface area contributed by atoms with Gasteiger partial charge in [-0.25, -0.2) is 0 Å². The number of rotatable bonds is 11. The number of carbonyl (C=O) groups excluding carboxylic acids is 3. The van der Waals surface area contributed by atoms with Crippen molar-refractivity contribution in [2.45, 2.75) is 44.6 Å². The van der Waals surface area contributed by atoms with Gasteiger partial charge in [-0.3, -0.25) is 14.4 Å². The molecule has 208 valence electrons. The Morgan fingerprint density at radius 1 is 1.08 bits per heavy atom. The number of hydrogen-bond donors (Lipinski definition) is 2. The van der Waals surface area contributed by atoms with Crippen molar-refractivity contribution >= 4 is 17.6 Å². The van der Waals surface area contributed by atoms with E-state index in [0.29, 0.717) is 37.4 Å². The fourth-order valence-electron chi connectivity index (χ4n) is 4.04. The minimum atomic E-state index is -1.77. The van der Waals surface area contributed by atoms with Crippen LogP contribution < -0.4 is 5.32 Å². The van der Waals surface area contributed by atoms with Crippen LogP contribution in [0.4, 0.5) is 0 Å². The molecule has 0 saturated carbocycles. The third-order valence-electron chi connectivity index (χ3n) is 6.67. The zero-order chi connectivity index (χ0) is 28.3. The first-order valence-electron chi connectivity index (χ1n) is 13.0. The Morgan fingerprint density at radius 3 is 2.28 bits per heavy atom. The number of nitrogens with one attached hydrogen (secondary N) is 1. The zero-order valence-corrected chi connectivity index (χ0v) is 22.7. The predicted octanol–water partition coefficient (Wildman–Crippen LogP) is 2.28. The standard InChI is InChI=1S/C30H36N2O7/c1-30(29(36)31-2,26(34)21-39-27-6-4-5-18-38-27)32(3)28(35)25-15-13-23(14-16-25)8-7-22-9-11-24(12-10-22)20-37-19-17-33/h9-16,27,33H,4-6,17-21H2,1-3H3,(H,31,36)/t27?,30-/m1/s1. The molecule has 39 heavy (non-hydrogen) atoms. The second kappa shape index (κ2) is 14.6. The van der Waals surface area contributed by atoms with Crippen LogP contribution in [0.5, 0.6) is 0 Å². The molecule has 0 aliphatic carbocycles. The van der Waals surface area contributed by atoms with E-state index >= 15 is 0 Å². The van der Waals surface area contributed by atoms with Crippen molar-refractivity contribution in [3.05, 3.63) is 70.8 Å². The number of benzene rings is 2. The molecule has 3 rings (SSSR count). The van der Waals surface area contributed by atoms with Crippen LogP contribution in [-0.4, -0.2) is 80.0 Å². The van der Waals surface area contributed by atoms with Gasteiger partial charge in [0.15, 0.2) is 17.6 Å². The Balaban J connectivity index is 1.67. The van der Waals surface area contributed by atoms with Crippen molar-refractivity contribution in [1.82, 2.24) is 10.2 Å². The number of nitrogens with zero attached hydrogens (tertiary/aromatic N) is 1. The summed E-state index contributed by atoms with van der Waals surface area (Å²) in [5, 5.41) is 11.3. The summed E-state index contributed by atoms with van der Waals surface area (Å²) in [5.41, 5.74) is 1.05. The maximum Gasteiger partial charge on any atom is 0.254 e. The third kappa shape index (κ3) is 7.97. The van der Waals surface area contributed by atoms with Crippen LogP contribution in [0.25, 0.3) is 0 Å². The van der Waals surface area contributed by atoms with Gasteiger partial charge >= 0.3 is 0 Å². The first-order chi connectivity index (χ1) is 18.8. The molecule has 0 aromatic heterocycles. The van der Waals surface area contributed by atoms with Gasteiger partial charge in [-0.05, 0) is 68.1 Å². The fraction of sp³-hybridized carbons (Fsp3) is 0.433. The van der Waals surface area contributed by atoms with Gasteiger partial charge in [0, 0.05) is 37.4 Å². The minimum absolute atomic E-state index is 0.0130. The molecular formula is C30H36N2O7. The molecule has 2 aromatic carbocycles. The molecule has 0 bridgehead atoms. The van der Waals surface area contributed by atoms with Crippen molar-refractivity contribution < 1.29 is 33.7 Å². The number of ether oxygens (including phenoxy) is 3. The molecule has 2 N–H and O–H groups in total. The van der Waals surface area contributed by atoms with E-state index in [0.717, 1.165) is 28.9 Å². The van der Waals surface area contributed by atoms with E-state index in [1.165, 1.54) is 21.0 Å². The van der Waals surface area contributed by atoms with Crippen molar-refractivity contribution in [1.29, 1.82) is 0 Å². The Hall–Kier alpha value is -3.55. The molecular weight excluding hydrogens is 500 g/mol. The quantitative estimate of drug-likeness (QED) is 0.257. The van der Waals surface area contributed by atoms with Gasteiger partial charge in [-0.1, -0.05) is 24.0 Å². The highest BCUT2D eigenvalue weighted by Gasteiger charge is 2.46. The average Bonchev–Trinajstić information content (AvgIpc) is 2.98. The molecule has 2 atom stereocenters. The summed E-state index contributed by atoms with van der Waals surface area (Å²) < 4.78 is 16.4. The average molecular weight is 537 g/mol. The lowest BCUT2D eigenvalue weighted by molar-refractivity contribution is -0.174. The molecule has 9 heteroatoms. The van der Waals surface area contributed by atoms with E-state index in [2.05, 4.69) is 17.2 Å². The van der Waals surface area contributed by atoms with E-state index in [1.54, 1.807) is 24.3 Å². The van der Waals surface area contributed by atoms with Crippen LogP contribution in [0.2, 0.25) is 0 Å². The van der Waals surface area contributed by atoms with Crippen molar-refractivity contribution in [2.24, 2.45) is 0 Å². The number of likely N-dealkylation sites (N-methyl/N-ethyl adjacent to an activating group) is 2. The lowest BCUT2D eigenvalue weighted by atomic mass is 9.92. The van der Waals surface area contributed by atoms with Crippen LogP contribution in [0.3, 0.4) is 0 Å². The maximum absolute atomic E-state index is 13.3. The van der Waals surface area contributed by atoms with Gasteiger partial charge < -0.3 is 29.5 Å².